The number of methoxy groups -OCH3 is 1. The van der Waals surface area contributed by atoms with Crippen LogP contribution in [0.3, 0.4) is 0 Å². The second-order valence-electron chi connectivity index (χ2n) is 6.07. The summed E-state index contributed by atoms with van der Waals surface area (Å²) in [5, 5.41) is 10.9. The van der Waals surface area contributed by atoms with Crippen molar-refractivity contribution in [3.8, 4) is 5.75 Å². The molecule has 0 spiro atoms. The van der Waals surface area contributed by atoms with Gasteiger partial charge >= 0.3 is 5.97 Å². The number of hydrogen-bond acceptors (Lipinski definition) is 4. The average Bonchev–Trinajstić information content (AvgIpc) is 2.65. The lowest BCUT2D eigenvalue weighted by molar-refractivity contribution is -0.144. The summed E-state index contributed by atoms with van der Waals surface area (Å²) in [5.41, 5.74) is 1.01. The zero-order valence-corrected chi connectivity index (χ0v) is 14.1. The van der Waals surface area contributed by atoms with Crippen molar-refractivity contribution in [2.75, 3.05) is 26.8 Å². The first-order chi connectivity index (χ1) is 12.1. The van der Waals surface area contributed by atoms with Crippen molar-refractivity contribution in [3.05, 3.63) is 42.0 Å². The van der Waals surface area contributed by atoms with E-state index in [0.717, 1.165) is 22.1 Å². The molecule has 1 aliphatic heterocycles. The number of carbonyl (C=O) groups is 2. The molecule has 1 saturated heterocycles. The second-order valence-corrected chi connectivity index (χ2v) is 6.07. The highest BCUT2D eigenvalue weighted by molar-refractivity contribution is 5.84. The molecule has 6 nitrogen and oxygen atoms in total. The standard InChI is InChI=1S/C19H21NO5/c1-24-16-5-4-13-10-15(3-2-14(13)11-16)17-12-20(8-9-25-17)18(21)6-7-19(22)23/h2-5,10-11,17H,6-9,12H2,1H3,(H,22,23). The molecule has 0 aromatic heterocycles. The Labute approximate surface area is 145 Å². The first kappa shape index (κ1) is 17.2. The molecular formula is C19H21NO5. The minimum atomic E-state index is -0.955. The Hall–Kier alpha value is -2.60. The molecule has 1 heterocycles. The number of carboxylic acid groups (broad SMARTS) is 1. The highest BCUT2D eigenvalue weighted by Gasteiger charge is 2.25. The van der Waals surface area contributed by atoms with Crippen LogP contribution in [0.15, 0.2) is 36.4 Å². The molecule has 132 valence electrons. The SMILES string of the molecule is COc1ccc2cc(C3CN(C(=O)CCC(=O)O)CCO3)ccc2c1. The van der Waals surface area contributed by atoms with Gasteiger partial charge < -0.3 is 19.5 Å². The zero-order chi connectivity index (χ0) is 17.8. The third-order valence-corrected chi connectivity index (χ3v) is 4.42. The molecule has 25 heavy (non-hydrogen) atoms. The number of hydrogen-bond donors (Lipinski definition) is 1. The lowest BCUT2D eigenvalue weighted by atomic mass is 10.0. The summed E-state index contributed by atoms with van der Waals surface area (Å²) in [6, 6.07) is 12.0. The van der Waals surface area contributed by atoms with Crippen LogP contribution in [0.4, 0.5) is 0 Å². The van der Waals surface area contributed by atoms with Gasteiger partial charge in [0.05, 0.1) is 26.7 Å². The fraction of sp³-hybridized carbons (Fsp3) is 0.368. The van der Waals surface area contributed by atoms with Crippen molar-refractivity contribution in [2.45, 2.75) is 18.9 Å². The van der Waals surface area contributed by atoms with Crippen LogP contribution in [0.5, 0.6) is 5.75 Å². The van der Waals surface area contributed by atoms with Crippen LogP contribution in [0, 0.1) is 0 Å². The number of benzene rings is 2. The van der Waals surface area contributed by atoms with Crippen molar-refractivity contribution in [1.29, 1.82) is 0 Å². The van der Waals surface area contributed by atoms with Crippen molar-refractivity contribution < 1.29 is 24.2 Å². The van der Waals surface area contributed by atoms with E-state index < -0.39 is 5.97 Å². The van der Waals surface area contributed by atoms with E-state index in [1.54, 1.807) is 12.0 Å². The van der Waals surface area contributed by atoms with E-state index in [-0.39, 0.29) is 24.9 Å². The highest BCUT2D eigenvalue weighted by atomic mass is 16.5. The van der Waals surface area contributed by atoms with Gasteiger partial charge in [-0.3, -0.25) is 9.59 Å². The number of carboxylic acids is 1. The van der Waals surface area contributed by atoms with Crippen LogP contribution >= 0.6 is 0 Å². The van der Waals surface area contributed by atoms with Gasteiger partial charge in [-0.25, -0.2) is 0 Å². The predicted molar refractivity (Wildman–Crippen MR) is 92.6 cm³/mol. The monoisotopic (exact) mass is 343 g/mol. The van der Waals surface area contributed by atoms with Crippen molar-refractivity contribution >= 4 is 22.6 Å². The maximum absolute atomic E-state index is 12.2. The van der Waals surface area contributed by atoms with Crippen LogP contribution in [-0.4, -0.2) is 48.7 Å². The Morgan fingerprint density at radius 1 is 1.20 bits per heavy atom. The minimum Gasteiger partial charge on any atom is -0.497 e. The Morgan fingerprint density at radius 3 is 2.72 bits per heavy atom. The Balaban J connectivity index is 1.73. The molecule has 1 aliphatic rings. The summed E-state index contributed by atoms with van der Waals surface area (Å²) in [6.07, 6.45) is -0.313. The van der Waals surface area contributed by atoms with Gasteiger partial charge in [-0.2, -0.15) is 0 Å². The third kappa shape index (κ3) is 4.09. The zero-order valence-electron chi connectivity index (χ0n) is 14.1. The van der Waals surface area contributed by atoms with E-state index in [9.17, 15) is 9.59 Å². The summed E-state index contributed by atoms with van der Waals surface area (Å²) in [5.74, 6) is -0.284. The third-order valence-electron chi connectivity index (χ3n) is 4.42. The van der Waals surface area contributed by atoms with Crippen LogP contribution < -0.4 is 4.74 Å². The highest BCUT2D eigenvalue weighted by Crippen LogP contribution is 2.28. The summed E-state index contributed by atoms with van der Waals surface area (Å²) in [6.45, 7) is 1.39. The normalized spacial score (nSPS) is 17.5. The quantitative estimate of drug-likeness (QED) is 0.903. The number of morpholine rings is 1. The molecule has 3 rings (SSSR count). The van der Waals surface area contributed by atoms with E-state index in [1.807, 2.05) is 30.3 Å². The summed E-state index contributed by atoms with van der Waals surface area (Å²) in [4.78, 5) is 24.5. The molecule has 0 bridgehead atoms. The molecule has 1 atom stereocenters. The molecular weight excluding hydrogens is 322 g/mol. The van der Waals surface area contributed by atoms with Gasteiger partial charge in [0.1, 0.15) is 11.9 Å². The molecule has 2 aromatic carbocycles. The number of ether oxygens (including phenoxy) is 2. The predicted octanol–water partition coefficient (Wildman–Crippen LogP) is 2.61. The fourth-order valence-electron chi connectivity index (χ4n) is 3.02. The van der Waals surface area contributed by atoms with Crippen LogP contribution in [0.2, 0.25) is 0 Å². The Kier molecular flexibility index (Phi) is 5.19. The number of rotatable bonds is 5. The molecule has 1 amide bonds. The molecule has 6 heteroatoms. The number of amides is 1. The van der Waals surface area contributed by atoms with Gasteiger partial charge in [0, 0.05) is 13.0 Å². The lowest BCUT2D eigenvalue weighted by Crippen LogP contribution is -2.42. The van der Waals surface area contributed by atoms with Gasteiger partial charge in [-0.1, -0.05) is 18.2 Å². The van der Waals surface area contributed by atoms with Gasteiger partial charge in [-0.05, 0) is 34.5 Å². The molecule has 1 fully saturated rings. The van der Waals surface area contributed by atoms with E-state index >= 15 is 0 Å². The number of fused-ring (bicyclic) bond motifs is 1. The lowest BCUT2D eigenvalue weighted by Gasteiger charge is -2.33. The van der Waals surface area contributed by atoms with Crippen molar-refractivity contribution in [2.24, 2.45) is 0 Å². The molecule has 0 aliphatic carbocycles. The smallest absolute Gasteiger partial charge is 0.303 e. The number of carbonyl (C=O) groups excluding carboxylic acids is 1. The second kappa shape index (κ2) is 7.53. The molecule has 2 aromatic rings. The topological polar surface area (TPSA) is 76.1 Å². The number of aliphatic carboxylic acids is 1. The summed E-state index contributed by atoms with van der Waals surface area (Å²) in [7, 11) is 1.64. The van der Waals surface area contributed by atoms with E-state index in [1.165, 1.54) is 0 Å². The van der Waals surface area contributed by atoms with Crippen LogP contribution in [0.25, 0.3) is 10.8 Å². The first-order valence-electron chi connectivity index (χ1n) is 8.25. The fourth-order valence-corrected chi connectivity index (χ4v) is 3.02. The van der Waals surface area contributed by atoms with Gasteiger partial charge in [0.25, 0.3) is 0 Å². The number of nitrogens with zero attached hydrogens (tertiary/aromatic N) is 1. The van der Waals surface area contributed by atoms with Crippen LogP contribution in [-0.2, 0) is 14.3 Å². The summed E-state index contributed by atoms with van der Waals surface area (Å²) >= 11 is 0. The Morgan fingerprint density at radius 2 is 1.96 bits per heavy atom. The molecule has 1 unspecified atom stereocenters. The van der Waals surface area contributed by atoms with Crippen molar-refractivity contribution in [3.63, 3.8) is 0 Å². The van der Waals surface area contributed by atoms with E-state index in [0.29, 0.717) is 19.7 Å². The van der Waals surface area contributed by atoms with E-state index in [4.69, 9.17) is 14.6 Å². The summed E-state index contributed by atoms with van der Waals surface area (Å²) < 4.78 is 11.1. The van der Waals surface area contributed by atoms with E-state index in [2.05, 4.69) is 6.07 Å². The van der Waals surface area contributed by atoms with Crippen LogP contribution in [0.1, 0.15) is 24.5 Å². The maximum Gasteiger partial charge on any atom is 0.303 e. The van der Waals surface area contributed by atoms with Gasteiger partial charge in [0.2, 0.25) is 5.91 Å². The Bertz CT molecular complexity index is 788. The molecule has 0 radical (unpaired) electrons. The average molecular weight is 343 g/mol. The first-order valence-corrected chi connectivity index (χ1v) is 8.25. The van der Waals surface area contributed by atoms with Gasteiger partial charge in [-0.15, -0.1) is 0 Å². The maximum atomic E-state index is 12.2. The molecule has 0 saturated carbocycles. The molecule has 1 N–H and O–H groups in total. The largest absolute Gasteiger partial charge is 0.497 e. The van der Waals surface area contributed by atoms with Crippen molar-refractivity contribution in [1.82, 2.24) is 4.90 Å². The minimum absolute atomic E-state index is 0.0273. The van der Waals surface area contributed by atoms with Gasteiger partial charge in [0.15, 0.2) is 0 Å².